The number of alkyl halides is 2. The van der Waals surface area contributed by atoms with E-state index < -0.39 is 22.9 Å². The van der Waals surface area contributed by atoms with Crippen molar-refractivity contribution in [2.45, 2.75) is 30.4 Å². The van der Waals surface area contributed by atoms with E-state index in [0.29, 0.717) is 18.9 Å². The number of imidazole rings is 1. The molecule has 2 aliphatic rings. The van der Waals surface area contributed by atoms with Crippen LogP contribution in [-0.4, -0.2) is 67.5 Å². The van der Waals surface area contributed by atoms with Crippen molar-refractivity contribution in [3.8, 4) is 5.75 Å². The molecule has 2 aliphatic heterocycles. The lowest BCUT2D eigenvalue weighted by molar-refractivity contribution is -0.203. The molecule has 1 aromatic carbocycles. The van der Waals surface area contributed by atoms with E-state index in [1.165, 1.54) is 29.0 Å². The standard InChI is InChI=1S/C19H24F2N4O5S/c1-24-11-17(22-12-24)31(26,27)25-9-15(18-28-6-3-7-29-18)16(10-25)23-13-4-2-5-14(8-13)30-19(20)21/h2,4-5,8,11-12,15-16,18-19,23H,3,6-7,9-10H2,1H3. The van der Waals surface area contributed by atoms with Crippen molar-refractivity contribution in [2.24, 2.45) is 13.0 Å². The Kier molecular flexibility index (Phi) is 6.42. The molecule has 1 aromatic heterocycles. The van der Waals surface area contributed by atoms with Crippen LogP contribution in [0.1, 0.15) is 6.42 Å². The minimum absolute atomic E-state index is 0.0117. The highest BCUT2D eigenvalue weighted by molar-refractivity contribution is 7.89. The third-order valence-corrected chi connectivity index (χ3v) is 6.95. The first-order chi connectivity index (χ1) is 14.8. The fraction of sp³-hybridized carbons (Fsp3) is 0.526. The Balaban J connectivity index is 1.56. The van der Waals surface area contributed by atoms with Crippen molar-refractivity contribution in [3.63, 3.8) is 0 Å². The molecule has 2 unspecified atom stereocenters. The number of rotatable bonds is 7. The Morgan fingerprint density at radius 2 is 2.03 bits per heavy atom. The fourth-order valence-corrected chi connectivity index (χ4v) is 5.27. The molecule has 2 fully saturated rings. The highest BCUT2D eigenvalue weighted by Crippen LogP contribution is 2.32. The molecule has 170 valence electrons. The van der Waals surface area contributed by atoms with Gasteiger partial charge in [0, 0.05) is 50.0 Å². The first-order valence-electron chi connectivity index (χ1n) is 9.85. The molecule has 0 radical (unpaired) electrons. The molecule has 9 nitrogen and oxygen atoms in total. The highest BCUT2D eigenvalue weighted by atomic mass is 32.2. The summed E-state index contributed by atoms with van der Waals surface area (Å²) in [6.45, 7) is -1.56. The number of anilines is 1. The van der Waals surface area contributed by atoms with E-state index >= 15 is 0 Å². The van der Waals surface area contributed by atoms with Crippen LogP contribution in [0.5, 0.6) is 5.75 Å². The van der Waals surface area contributed by atoms with Crippen LogP contribution < -0.4 is 10.1 Å². The first kappa shape index (κ1) is 21.9. The molecule has 2 saturated heterocycles. The predicted octanol–water partition coefficient (Wildman–Crippen LogP) is 1.89. The summed E-state index contributed by atoms with van der Waals surface area (Å²) in [6.07, 6.45) is 3.07. The van der Waals surface area contributed by atoms with Crippen molar-refractivity contribution in [3.05, 3.63) is 36.8 Å². The van der Waals surface area contributed by atoms with Crippen LogP contribution in [0.4, 0.5) is 14.5 Å². The van der Waals surface area contributed by atoms with Crippen molar-refractivity contribution < 1.29 is 31.4 Å². The molecule has 0 saturated carbocycles. The zero-order chi connectivity index (χ0) is 22.0. The van der Waals surface area contributed by atoms with Crippen LogP contribution in [0.2, 0.25) is 0 Å². The number of nitrogens with zero attached hydrogens (tertiary/aromatic N) is 3. The second kappa shape index (κ2) is 9.07. The molecule has 0 spiro atoms. The number of hydrogen-bond donors (Lipinski definition) is 1. The molecule has 3 heterocycles. The highest BCUT2D eigenvalue weighted by Gasteiger charge is 2.45. The molecular formula is C19H24F2N4O5S. The van der Waals surface area contributed by atoms with Crippen molar-refractivity contribution in [1.82, 2.24) is 13.9 Å². The summed E-state index contributed by atoms with van der Waals surface area (Å²) in [5.41, 5.74) is 0.529. The van der Waals surface area contributed by atoms with Crippen LogP contribution in [0.3, 0.4) is 0 Å². The van der Waals surface area contributed by atoms with Gasteiger partial charge in [-0.2, -0.15) is 13.1 Å². The van der Waals surface area contributed by atoms with Crippen molar-refractivity contribution in [1.29, 1.82) is 0 Å². The molecule has 0 amide bonds. The van der Waals surface area contributed by atoms with E-state index in [1.807, 2.05) is 0 Å². The zero-order valence-electron chi connectivity index (χ0n) is 16.9. The van der Waals surface area contributed by atoms with E-state index in [9.17, 15) is 17.2 Å². The lowest BCUT2D eigenvalue weighted by Gasteiger charge is -2.31. The molecule has 1 N–H and O–H groups in total. The summed E-state index contributed by atoms with van der Waals surface area (Å²) in [6, 6.07) is 5.79. The van der Waals surface area contributed by atoms with Gasteiger partial charge >= 0.3 is 6.61 Å². The van der Waals surface area contributed by atoms with E-state index in [4.69, 9.17) is 9.47 Å². The molecule has 0 bridgehead atoms. The molecule has 0 aliphatic carbocycles. The average molecular weight is 458 g/mol. The number of sulfonamides is 1. The van der Waals surface area contributed by atoms with Gasteiger partial charge < -0.3 is 24.1 Å². The van der Waals surface area contributed by atoms with Crippen molar-refractivity contribution in [2.75, 3.05) is 31.6 Å². The predicted molar refractivity (Wildman–Crippen MR) is 106 cm³/mol. The van der Waals surface area contributed by atoms with Crippen LogP contribution >= 0.6 is 0 Å². The summed E-state index contributed by atoms with van der Waals surface area (Å²) in [7, 11) is -2.12. The Hall–Kier alpha value is -2.28. The smallest absolute Gasteiger partial charge is 0.387 e. The Labute approximate surface area is 179 Å². The Morgan fingerprint density at radius 1 is 1.26 bits per heavy atom. The maximum atomic E-state index is 13.1. The number of ether oxygens (including phenoxy) is 3. The summed E-state index contributed by atoms with van der Waals surface area (Å²) in [5.74, 6) is -0.295. The average Bonchev–Trinajstić information content (AvgIpc) is 3.36. The second-order valence-electron chi connectivity index (χ2n) is 7.48. The fourth-order valence-electron chi connectivity index (χ4n) is 3.80. The lowest BCUT2D eigenvalue weighted by Crippen LogP contribution is -2.41. The third-order valence-electron chi connectivity index (χ3n) is 5.23. The van der Waals surface area contributed by atoms with Gasteiger partial charge in [-0.25, -0.2) is 13.4 Å². The molecule has 2 atom stereocenters. The SMILES string of the molecule is Cn1cnc(S(=O)(=O)N2CC(Nc3cccc(OC(F)F)c3)C(C3OCCCO3)C2)c1. The Bertz CT molecular complexity index is 997. The summed E-state index contributed by atoms with van der Waals surface area (Å²) in [5, 5.41) is 3.21. The largest absolute Gasteiger partial charge is 0.435 e. The van der Waals surface area contributed by atoms with E-state index in [0.717, 1.165) is 6.42 Å². The van der Waals surface area contributed by atoms with Crippen LogP contribution in [-0.2, 0) is 26.5 Å². The maximum absolute atomic E-state index is 13.1. The van der Waals surface area contributed by atoms with Gasteiger partial charge in [0.25, 0.3) is 10.0 Å². The molecule has 31 heavy (non-hydrogen) atoms. The Morgan fingerprint density at radius 3 is 2.71 bits per heavy atom. The van der Waals surface area contributed by atoms with E-state index in [1.54, 1.807) is 23.7 Å². The summed E-state index contributed by atoms with van der Waals surface area (Å²) >= 11 is 0. The van der Waals surface area contributed by atoms with E-state index in [2.05, 4.69) is 15.0 Å². The summed E-state index contributed by atoms with van der Waals surface area (Å²) in [4.78, 5) is 3.98. The van der Waals surface area contributed by atoms with Gasteiger partial charge in [-0.3, -0.25) is 0 Å². The number of benzene rings is 1. The van der Waals surface area contributed by atoms with Crippen LogP contribution in [0.25, 0.3) is 0 Å². The molecular weight excluding hydrogens is 434 g/mol. The molecule has 12 heteroatoms. The maximum Gasteiger partial charge on any atom is 0.387 e. The van der Waals surface area contributed by atoms with Gasteiger partial charge in [0.05, 0.1) is 19.5 Å². The van der Waals surface area contributed by atoms with Gasteiger partial charge in [0.2, 0.25) is 0 Å². The van der Waals surface area contributed by atoms with E-state index in [-0.39, 0.29) is 35.8 Å². The quantitative estimate of drug-likeness (QED) is 0.677. The van der Waals surface area contributed by atoms with Crippen molar-refractivity contribution >= 4 is 15.7 Å². The summed E-state index contributed by atoms with van der Waals surface area (Å²) < 4.78 is 70.1. The number of hydrogen-bond acceptors (Lipinski definition) is 7. The van der Waals surface area contributed by atoms with Crippen LogP contribution in [0.15, 0.2) is 41.8 Å². The normalized spacial score (nSPS) is 23.4. The number of halogens is 2. The van der Waals surface area contributed by atoms with Gasteiger partial charge in [-0.05, 0) is 18.6 Å². The number of aryl methyl sites for hydroxylation is 1. The van der Waals surface area contributed by atoms with Crippen LogP contribution in [0, 0.1) is 5.92 Å². The van der Waals surface area contributed by atoms with Gasteiger partial charge in [-0.15, -0.1) is 0 Å². The topological polar surface area (TPSA) is 94.9 Å². The van der Waals surface area contributed by atoms with Gasteiger partial charge in [0.1, 0.15) is 5.75 Å². The second-order valence-corrected chi connectivity index (χ2v) is 9.37. The minimum Gasteiger partial charge on any atom is -0.435 e. The number of nitrogens with one attached hydrogen (secondary N) is 1. The van der Waals surface area contributed by atoms with Gasteiger partial charge in [0.15, 0.2) is 11.3 Å². The first-order valence-corrected chi connectivity index (χ1v) is 11.3. The minimum atomic E-state index is -3.81. The monoisotopic (exact) mass is 458 g/mol. The lowest BCUT2D eigenvalue weighted by atomic mass is 10.0. The zero-order valence-corrected chi connectivity index (χ0v) is 17.7. The van der Waals surface area contributed by atoms with Gasteiger partial charge in [-0.1, -0.05) is 6.07 Å². The molecule has 2 aromatic rings. The molecule has 4 rings (SSSR count). The number of aromatic nitrogens is 2. The third kappa shape index (κ3) is 4.97.